The third-order valence-electron chi connectivity index (χ3n) is 3.86. The van der Waals surface area contributed by atoms with Gasteiger partial charge in [-0.3, -0.25) is 9.00 Å². The largest absolute Gasteiger partial charge is 0.352 e. The molecule has 18 heavy (non-hydrogen) atoms. The monoisotopic (exact) mass is 294 g/mol. The third-order valence-corrected chi connectivity index (χ3v) is 5.60. The molecular weight excluding hydrogens is 272 g/mol. The fraction of sp³-hybridized carbons (Fsp3) is 0.917. The highest BCUT2D eigenvalue weighted by atomic mass is 35.5. The van der Waals surface area contributed by atoms with Crippen LogP contribution in [-0.4, -0.2) is 32.7 Å². The van der Waals surface area contributed by atoms with Crippen LogP contribution in [0.25, 0.3) is 0 Å². The molecule has 0 radical (unpaired) electrons. The van der Waals surface area contributed by atoms with E-state index in [9.17, 15) is 9.00 Å². The predicted octanol–water partition coefficient (Wildman–Crippen LogP) is 1.10. The van der Waals surface area contributed by atoms with E-state index < -0.39 is 16.3 Å². The second-order valence-electron chi connectivity index (χ2n) is 5.28. The van der Waals surface area contributed by atoms with Gasteiger partial charge in [0.2, 0.25) is 5.91 Å². The Hall–Kier alpha value is -0.130. The van der Waals surface area contributed by atoms with Gasteiger partial charge in [-0.15, -0.1) is 12.4 Å². The molecule has 0 aromatic heterocycles. The molecule has 0 aromatic rings. The zero-order valence-corrected chi connectivity index (χ0v) is 12.4. The highest BCUT2D eigenvalue weighted by Gasteiger charge is 2.46. The van der Waals surface area contributed by atoms with Crippen LogP contribution < -0.4 is 11.1 Å². The number of hydrogen-bond acceptors (Lipinski definition) is 3. The zero-order chi connectivity index (χ0) is 12.5. The summed E-state index contributed by atoms with van der Waals surface area (Å²) in [5.41, 5.74) is 5.27. The molecule has 3 atom stereocenters. The van der Waals surface area contributed by atoms with Crippen LogP contribution >= 0.6 is 12.4 Å². The van der Waals surface area contributed by atoms with Crippen molar-refractivity contribution in [3.05, 3.63) is 0 Å². The first-order chi connectivity index (χ1) is 8.05. The lowest BCUT2D eigenvalue weighted by atomic mass is 9.94. The molecule has 0 bridgehead atoms. The van der Waals surface area contributed by atoms with Gasteiger partial charge < -0.3 is 11.1 Å². The first kappa shape index (κ1) is 15.9. The van der Waals surface area contributed by atoms with Gasteiger partial charge in [0, 0.05) is 27.8 Å². The summed E-state index contributed by atoms with van der Waals surface area (Å²) in [6, 6.07) is 0.178. The molecule has 3 N–H and O–H groups in total. The van der Waals surface area contributed by atoms with Crippen molar-refractivity contribution in [1.29, 1.82) is 0 Å². The smallest absolute Gasteiger partial charge is 0.240 e. The Bertz CT molecular complexity index is 334. The minimum Gasteiger partial charge on any atom is -0.352 e. The van der Waals surface area contributed by atoms with Gasteiger partial charge in [0.05, 0.1) is 5.54 Å². The summed E-state index contributed by atoms with van der Waals surface area (Å²) in [5, 5.41) is 3.29. The number of amides is 1. The molecule has 6 heteroatoms. The van der Waals surface area contributed by atoms with E-state index >= 15 is 0 Å². The number of nitrogens with one attached hydrogen (secondary N) is 1. The van der Waals surface area contributed by atoms with E-state index in [0.29, 0.717) is 5.75 Å². The fourth-order valence-corrected chi connectivity index (χ4v) is 3.79. The van der Waals surface area contributed by atoms with Gasteiger partial charge in [-0.2, -0.15) is 0 Å². The lowest BCUT2D eigenvalue weighted by molar-refractivity contribution is -0.124. The molecule has 0 heterocycles. The minimum atomic E-state index is -0.737. The number of rotatable bonds is 4. The van der Waals surface area contributed by atoms with Crippen LogP contribution in [0.5, 0.6) is 0 Å². The SMILES string of the molecule is CCS(=O)C1CCCC(NC(=O)C2(N)CC2)C1.Cl. The Morgan fingerprint density at radius 1 is 1.44 bits per heavy atom. The highest BCUT2D eigenvalue weighted by molar-refractivity contribution is 7.85. The molecule has 2 rings (SSSR count). The van der Waals surface area contributed by atoms with E-state index in [0.717, 1.165) is 38.5 Å². The van der Waals surface area contributed by atoms with E-state index in [1.807, 2.05) is 6.92 Å². The van der Waals surface area contributed by atoms with E-state index in [-0.39, 0.29) is 29.6 Å². The molecule has 3 unspecified atom stereocenters. The van der Waals surface area contributed by atoms with E-state index in [4.69, 9.17) is 5.73 Å². The fourth-order valence-electron chi connectivity index (χ4n) is 2.44. The lowest BCUT2D eigenvalue weighted by Gasteiger charge is -2.29. The predicted molar refractivity (Wildman–Crippen MR) is 76.3 cm³/mol. The Morgan fingerprint density at radius 2 is 2.11 bits per heavy atom. The quantitative estimate of drug-likeness (QED) is 0.815. The van der Waals surface area contributed by atoms with Gasteiger partial charge in [-0.25, -0.2) is 0 Å². The first-order valence-electron chi connectivity index (χ1n) is 6.52. The van der Waals surface area contributed by atoms with E-state index in [2.05, 4.69) is 5.32 Å². The molecule has 2 saturated carbocycles. The van der Waals surface area contributed by atoms with Gasteiger partial charge in [0.1, 0.15) is 0 Å². The third kappa shape index (κ3) is 3.68. The van der Waals surface area contributed by atoms with Gasteiger partial charge in [0.25, 0.3) is 0 Å². The Balaban J connectivity index is 0.00000162. The van der Waals surface area contributed by atoms with Crippen LogP contribution in [0.15, 0.2) is 0 Å². The summed E-state index contributed by atoms with van der Waals surface area (Å²) >= 11 is 0. The molecule has 0 spiro atoms. The summed E-state index contributed by atoms with van der Waals surface area (Å²) in [4.78, 5) is 11.8. The van der Waals surface area contributed by atoms with Crippen molar-refractivity contribution >= 4 is 29.1 Å². The maximum absolute atomic E-state index is 11.8. The van der Waals surface area contributed by atoms with Crippen LogP contribution in [0.2, 0.25) is 0 Å². The average Bonchev–Trinajstić information content (AvgIpc) is 3.08. The zero-order valence-electron chi connectivity index (χ0n) is 10.8. The van der Waals surface area contributed by atoms with Crippen molar-refractivity contribution < 1.29 is 9.00 Å². The van der Waals surface area contributed by atoms with Gasteiger partial charge in [0.15, 0.2) is 0 Å². The number of carbonyl (C=O) groups is 1. The van der Waals surface area contributed by atoms with Crippen LogP contribution in [0.1, 0.15) is 45.4 Å². The van der Waals surface area contributed by atoms with Crippen molar-refractivity contribution in [3.8, 4) is 0 Å². The molecule has 0 aliphatic heterocycles. The number of halogens is 1. The van der Waals surface area contributed by atoms with Gasteiger partial charge in [-0.05, 0) is 32.1 Å². The summed E-state index contributed by atoms with van der Waals surface area (Å²) in [6.07, 6.45) is 5.53. The molecule has 2 aliphatic rings. The summed E-state index contributed by atoms with van der Waals surface area (Å²) in [5.74, 6) is 0.706. The Morgan fingerprint density at radius 3 is 2.67 bits per heavy atom. The van der Waals surface area contributed by atoms with Crippen molar-refractivity contribution in [2.24, 2.45) is 5.73 Å². The normalized spacial score (nSPS) is 31.0. The average molecular weight is 295 g/mol. The molecule has 2 aliphatic carbocycles. The molecule has 0 saturated heterocycles. The lowest BCUT2D eigenvalue weighted by Crippen LogP contribution is -2.49. The molecule has 106 valence electrons. The summed E-state index contributed by atoms with van der Waals surface area (Å²) < 4.78 is 11.8. The van der Waals surface area contributed by atoms with Crippen LogP contribution in [-0.2, 0) is 15.6 Å². The molecule has 4 nitrogen and oxygen atoms in total. The minimum absolute atomic E-state index is 0. The topological polar surface area (TPSA) is 72.2 Å². The molecule has 1 amide bonds. The van der Waals surface area contributed by atoms with Gasteiger partial charge in [-0.1, -0.05) is 13.3 Å². The summed E-state index contributed by atoms with van der Waals surface area (Å²) in [7, 11) is -0.737. The maximum atomic E-state index is 11.8. The van der Waals surface area contributed by atoms with Crippen LogP contribution in [0.3, 0.4) is 0 Å². The second kappa shape index (κ2) is 6.35. The van der Waals surface area contributed by atoms with Crippen molar-refractivity contribution in [3.63, 3.8) is 0 Å². The molecular formula is C12H23ClN2O2S. The van der Waals surface area contributed by atoms with E-state index in [1.165, 1.54) is 0 Å². The van der Waals surface area contributed by atoms with Crippen molar-refractivity contribution in [2.75, 3.05) is 5.75 Å². The standard InChI is InChI=1S/C12H22N2O2S.ClH/c1-2-17(16)10-5-3-4-9(8-10)14-11(15)12(13)6-7-12;/h9-10H,2-8,13H2,1H3,(H,14,15);1H. The molecule has 0 aromatic carbocycles. The summed E-state index contributed by atoms with van der Waals surface area (Å²) in [6.45, 7) is 1.96. The Kier molecular flexibility index (Phi) is 5.62. The number of carbonyl (C=O) groups excluding carboxylic acids is 1. The molecule has 2 fully saturated rings. The number of hydrogen-bond donors (Lipinski definition) is 2. The number of nitrogens with two attached hydrogens (primary N) is 1. The van der Waals surface area contributed by atoms with Crippen molar-refractivity contribution in [1.82, 2.24) is 5.32 Å². The van der Waals surface area contributed by atoms with Crippen molar-refractivity contribution in [2.45, 2.75) is 62.3 Å². The van der Waals surface area contributed by atoms with E-state index in [1.54, 1.807) is 0 Å². The Labute approximate surface area is 117 Å². The van der Waals surface area contributed by atoms with Crippen LogP contribution in [0, 0.1) is 0 Å². The highest BCUT2D eigenvalue weighted by Crippen LogP contribution is 2.33. The maximum Gasteiger partial charge on any atom is 0.240 e. The van der Waals surface area contributed by atoms with Gasteiger partial charge >= 0.3 is 0 Å². The van der Waals surface area contributed by atoms with Crippen LogP contribution in [0.4, 0.5) is 0 Å². The second-order valence-corrected chi connectivity index (χ2v) is 7.29. The first-order valence-corrected chi connectivity index (χ1v) is 7.90.